The molecule has 0 unspecified atom stereocenters. The van der Waals surface area contributed by atoms with E-state index in [0.29, 0.717) is 50.0 Å². The van der Waals surface area contributed by atoms with Gasteiger partial charge in [0, 0.05) is 67.1 Å². The van der Waals surface area contributed by atoms with Crippen molar-refractivity contribution in [3.8, 4) is 11.8 Å². The van der Waals surface area contributed by atoms with Gasteiger partial charge in [-0.25, -0.2) is 18.6 Å². The summed E-state index contributed by atoms with van der Waals surface area (Å²) in [6.45, 7) is 0.148. The topological polar surface area (TPSA) is 161 Å². The molecular formula is C40H44F7N7O5. The number of amides is 2. The Morgan fingerprint density at radius 3 is 2.20 bits per heavy atom. The Balaban J connectivity index is 1.53. The number of alkyl carbamates (subject to hydrolysis) is 1. The molecule has 19 heteroatoms. The predicted octanol–water partition coefficient (Wildman–Crippen LogP) is 4.89. The average Bonchev–Trinajstić information content (AvgIpc) is 3.20. The molecule has 2 amide bonds. The number of rotatable bonds is 16. The smallest absolute Gasteiger partial charge is 0.407 e. The van der Waals surface area contributed by atoms with Crippen molar-refractivity contribution < 1.29 is 54.9 Å². The van der Waals surface area contributed by atoms with E-state index in [2.05, 4.69) is 37.1 Å². The number of carbonyl (C=O) groups is 2. The largest absolute Gasteiger partial charge is 0.453 e. The van der Waals surface area contributed by atoms with Crippen LogP contribution in [0, 0.1) is 34.3 Å². The number of anilines is 1. The molecule has 2 heterocycles. The number of hydrogen-bond acceptors (Lipinski definition) is 10. The third-order valence-corrected chi connectivity index (χ3v) is 9.45. The van der Waals surface area contributed by atoms with E-state index in [9.17, 15) is 36.6 Å². The molecule has 1 aromatic heterocycles. The zero-order valence-corrected chi connectivity index (χ0v) is 32.2. The molecule has 0 aliphatic carbocycles. The van der Waals surface area contributed by atoms with Crippen molar-refractivity contribution in [2.24, 2.45) is 5.41 Å². The minimum atomic E-state index is -4.98. The monoisotopic (exact) mass is 835 g/mol. The van der Waals surface area contributed by atoms with Crippen LogP contribution in [0.2, 0.25) is 0 Å². The van der Waals surface area contributed by atoms with Crippen LogP contribution in [0.1, 0.15) is 41.7 Å². The van der Waals surface area contributed by atoms with Gasteiger partial charge < -0.3 is 46.2 Å². The van der Waals surface area contributed by atoms with Crippen molar-refractivity contribution in [2.75, 3.05) is 44.9 Å². The summed E-state index contributed by atoms with van der Waals surface area (Å²) >= 11 is 0. The Labute approximate surface area is 336 Å². The van der Waals surface area contributed by atoms with Crippen molar-refractivity contribution in [2.45, 2.75) is 57.7 Å². The number of aliphatic hydroxyl groups excluding tert-OH is 1. The lowest BCUT2D eigenvalue weighted by Crippen LogP contribution is -2.62. The maximum Gasteiger partial charge on any atom is 0.407 e. The molecule has 318 valence electrons. The van der Waals surface area contributed by atoms with Crippen LogP contribution >= 0.6 is 0 Å². The Morgan fingerprint density at radius 2 is 1.64 bits per heavy atom. The highest BCUT2D eigenvalue weighted by Crippen LogP contribution is 2.40. The molecule has 2 aromatic carbocycles. The molecule has 59 heavy (non-hydrogen) atoms. The van der Waals surface area contributed by atoms with Crippen LogP contribution in [0.3, 0.4) is 0 Å². The molecule has 0 spiro atoms. The normalized spacial score (nSPS) is 15.1. The van der Waals surface area contributed by atoms with Crippen LogP contribution in [0.15, 0.2) is 60.9 Å². The van der Waals surface area contributed by atoms with Gasteiger partial charge in [-0.05, 0) is 67.8 Å². The Kier molecular flexibility index (Phi) is 16.2. The maximum absolute atomic E-state index is 15.0. The molecule has 1 aliphatic rings. The SMILES string of the molecule is COC(=O)N[C@H](C(=O)N[C@@H](Cc1ccc(C#Cc2ccc(N3CCOCC3)nc2)cc1)[C@@H](O)CNCc1c(F)cc(/C(C=N)=C/NC(F)F)cc1F)C(C)(C)C(F)(F)F. The number of pyridine rings is 1. The fourth-order valence-electron chi connectivity index (χ4n) is 5.81. The molecule has 3 atom stereocenters. The van der Waals surface area contributed by atoms with E-state index < -0.39 is 78.6 Å². The summed E-state index contributed by atoms with van der Waals surface area (Å²) < 4.78 is 107. The Bertz CT molecular complexity index is 1970. The minimum Gasteiger partial charge on any atom is -0.453 e. The van der Waals surface area contributed by atoms with E-state index in [1.54, 1.807) is 35.8 Å². The van der Waals surface area contributed by atoms with E-state index in [4.69, 9.17) is 10.1 Å². The molecule has 1 fully saturated rings. The molecule has 0 saturated carbocycles. The third-order valence-electron chi connectivity index (χ3n) is 9.45. The number of benzene rings is 2. The number of alkyl halides is 5. The fourth-order valence-corrected chi connectivity index (χ4v) is 5.81. The van der Waals surface area contributed by atoms with E-state index in [1.807, 2.05) is 17.4 Å². The number of hydrogen-bond donors (Lipinski definition) is 6. The molecular weight excluding hydrogens is 791 g/mol. The van der Waals surface area contributed by atoms with Gasteiger partial charge in [0.2, 0.25) is 5.91 Å². The number of ether oxygens (including phenoxy) is 2. The van der Waals surface area contributed by atoms with E-state index in [0.717, 1.165) is 44.3 Å². The Morgan fingerprint density at radius 1 is 1.02 bits per heavy atom. The van der Waals surface area contributed by atoms with Crippen LogP contribution in [-0.2, 0) is 27.2 Å². The van der Waals surface area contributed by atoms with Gasteiger partial charge in [-0.15, -0.1) is 0 Å². The predicted molar refractivity (Wildman–Crippen MR) is 204 cm³/mol. The summed E-state index contributed by atoms with van der Waals surface area (Å²) in [4.78, 5) is 32.2. The zero-order valence-electron chi connectivity index (χ0n) is 32.2. The summed E-state index contributed by atoms with van der Waals surface area (Å²) in [5.41, 5.74) is -2.02. The molecule has 12 nitrogen and oxygen atoms in total. The van der Waals surface area contributed by atoms with Crippen molar-refractivity contribution in [1.82, 2.24) is 26.3 Å². The van der Waals surface area contributed by atoms with Crippen LogP contribution < -0.4 is 26.2 Å². The molecule has 6 N–H and O–H groups in total. The second kappa shape index (κ2) is 20.8. The quantitative estimate of drug-likeness (QED) is 0.0512. The van der Waals surface area contributed by atoms with Gasteiger partial charge in [-0.2, -0.15) is 22.0 Å². The van der Waals surface area contributed by atoms with Gasteiger partial charge in [0.05, 0.1) is 37.9 Å². The van der Waals surface area contributed by atoms with Crippen LogP contribution in [-0.4, -0.2) is 99.2 Å². The fraction of sp³-hybridized carbons (Fsp3) is 0.400. The molecule has 0 radical (unpaired) electrons. The summed E-state index contributed by atoms with van der Waals surface area (Å²) in [6.07, 6.45) is -5.04. The highest BCUT2D eigenvalue weighted by molar-refractivity contribution is 6.08. The van der Waals surface area contributed by atoms with Crippen molar-refractivity contribution >= 4 is 29.6 Å². The highest BCUT2D eigenvalue weighted by Gasteiger charge is 2.56. The van der Waals surface area contributed by atoms with Gasteiger partial charge in [0.1, 0.15) is 23.5 Å². The highest BCUT2D eigenvalue weighted by atomic mass is 19.4. The number of morpholine rings is 1. The van der Waals surface area contributed by atoms with Gasteiger partial charge in [-0.3, -0.25) is 4.79 Å². The zero-order chi connectivity index (χ0) is 43.3. The standard InChI is InChI=1S/C40H44F7N7O5/c1-39(2,40(45,46)47)35(53-38(57)58-3)36(56)52-32(33(55)23-49-22-29-30(41)17-27(18-31(29)42)28(19-48)21-51-37(43)44)16-25-7-4-24(5-8-25)6-9-26-10-11-34(50-20-26)54-12-14-59-15-13-54/h4-5,7-8,10-11,17-21,32-33,35,37,48-49,51,55H,12-16,22-23H2,1-3H3,(H,52,56)(H,53,57)/b28-21+,48-19?/t32-,33-,35+/m0/s1. The van der Waals surface area contributed by atoms with E-state index in [-0.39, 0.29) is 17.6 Å². The number of aromatic nitrogens is 1. The minimum absolute atomic E-state index is 0.157. The number of carbonyl (C=O) groups excluding carboxylic acids is 2. The first-order valence-electron chi connectivity index (χ1n) is 18.2. The van der Waals surface area contributed by atoms with E-state index >= 15 is 8.78 Å². The number of allylic oxidation sites excluding steroid dienone is 1. The maximum atomic E-state index is 15.0. The molecule has 4 rings (SSSR count). The number of methoxy groups -OCH3 is 1. The molecule has 0 bridgehead atoms. The third kappa shape index (κ3) is 12.9. The van der Waals surface area contributed by atoms with Crippen LogP contribution in [0.4, 0.5) is 41.3 Å². The number of aliphatic hydroxyl groups is 1. The van der Waals surface area contributed by atoms with E-state index in [1.165, 1.54) is 0 Å². The lowest BCUT2D eigenvalue weighted by Gasteiger charge is -2.36. The summed E-state index contributed by atoms with van der Waals surface area (Å²) in [7, 11) is 0.906. The first kappa shape index (κ1) is 46.0. The number of nitrogens with one attached hydrogen (secondary N) is 5. The summed E-state index contributed by atoms with van der Waals surface area (Å²) in [6, 6.07) is 8.40. The second-order valence-electron chi connectivity index (χ2n) is 13.9. The van der Waals surface area contributed by atoms with Crippen LogP contribution in [0.25, 0.3) is 5.57 Å². The lowest BCUT2D eigenvalue weighted by molar-refractivity contribution is -0.220. The number of nitrogens with zero attached hydrogens (tertiary/aromatic N) is 2. The summed E-state index contributed by atoms with van der Waals surface area (Å²) in [5, 5.41) is 27.3. The lowest BCUT2D eigenvalue weighted by atomic mass is 9.82. The second-order valence-corrected chi connectivity index (χ2v) is 13.9. The van der Waals surface area contributed by atoms with Gasteiger partial charge in [-0.1, -0.05) is 24.0 Å². The van der Waals surface area contributed by atoms with Crippen LogP contribution in [0.5, 0.6) is 0 Å². The first-order chi connectivity index (χ1) is 27.9. The molecule has 3 aromatic rings. The number of halogens is 7. The van der Waals surface area contributed by atoms with Crippen molar-refractivity contribution in [3.63, 3.8) is 0 Å². The van der Waals surface area contributed by atoms with Crippen molar-refractivity contribution in [3.05, 3.63) is 100 Å². The molecule has 1 saturated heterocycles. The average molecular weight is 836 g/mol. The Hall–Kier alpha value is -5.71. The van der Waals surface area contributed by atoms with Gasteiger partial charge in [0.15, 0.2) is 0 Å². The van der Waals surface area contributed by atoms with Crippen molar-refractivity contribution in [1.29, 1.82) is 5.41 Å². The first-order valence-corrected chi connectivity index (χ1v) is 18.2. The molecule has 1 aliphatic heterocycles. The van der Waals surface area contributed by atoms with Gasteiger partial charge in [0.25, 0.3) is 0 Å². The summed E-state index contributed by atoms with van der Waals surface area (Å²) in [5.74, 6) is 3.34. The van der Waals surface area contributed by atoms with Gasteiger partial charge >= 0.3 is 18.8 Å².